The lowest BCUT2D eigenvalue weighted by Gasteiger charge is -2.21. The van der Waals surface area contributed by atoms with Gasteiger partial charge < -0.3 is 35.8 Å². The summed E-state index contributed by atoms with van der Waals surface area (Å²) in [5.74, 6) is 2.16. The van der Waals surface area contributed by atoms with E-state index in [1.165, 1.54) is 61.3 Å². The molecule has 8 aliphatic carbocycles. The van der Waals surface area contributed by atoms with Crippen LogP contribution in [0.5, 0.6) is 0 Å². The Morgan fingerprint density at radius 2 is 0.591 bits per heavy atom. The lowest BCUT2D eigenvalue weighted by atomic mass is 9.85. The van der Waals surface area contributed by atoms with E-state index in [0.29, 0.717) is 59.7 Å². The molecule has 7 N–H and O–H groups in total. The molecule has 0 aromatic heterocycles. The molecule has 4 unspecified atom stereocenters. The summed E-state index contributed by atoms with van der Waals surface area (Å²) in [6.45, 7) is 32.5. The molecule has 8 rings (SSSR count). The Morgan fingerprint density at radius 3 is 0.807 bits per heavy atom. The molecule has 0 aromatic rings. The van der Waals surface area contributed by atoms with E-state index in [9.17, 15) is 0 Å². The van der Waals surface area contributed by atoms with Gasteiger partial charge in [0.25, 0.3) is 0 Å². The summed E-state index contributed by atoms with van der Waals surface area (Å²) in [5.41, 5.74) is 22.1. The fourth-order valence-electron chi connectivity index (χ4n) is 10.9. The third-order valence-corrected chi connectivity index (χ3v) is 17.9. The molecule has 8 atom stereocenters. The molecule has 8 aliphatic rings. The van der Waals surface area contributed by atoms with Crippen molar-refractivity contribution in [3.63, 3.8) is 0 Å². The first-order valence-electron chi connectivity index (χ1n) is 39.9. The van der Waals surface area contributed by atoms with Crippen molar-refractivity contribution >= 4 is 0 Å². The second-order valence-electron chi connectivity index (χ2n) is 25.6. The quantitative estimate of drug-likeness (QED) is 0.0810. The van der Waals surface area contributed by atoms with Gasteiger partial charge in [-0.05, 0) is 306 Å². The van der Waals surface area contributed by atoms with E-state index in [-0.39, 0.29) is 0 Å². The van der Waals surface area contributed by atoms with Crippen molar-refractivity contribution in [3.8, 4) is 0 Å². The SMILES string of the molecule is [2H]C(O)C1=CCC(=C(C)C)CC1.[2H]C(O)C1=CC[C@@H](C(=C)C)CC1.[2H]C([2H])(C)C1=CC[C@@H](C(=C)C)CC1.[2H]C([2H])(O)C1=CCC(=C(C)C)CC1.[2H]C([2H])(O)C1=CC[C@@H](C(=C)C)CC1.[2H]OC([2H])([2H])C1=CCC(=C(C)C)CC1.[2H]OC([2H])C1=CCC(=C(C)C)CC1.[2H]OC([2H])C1=CC[C@@H](C(=C)C)CC1. The zero-order chi connectivity index (χ0) is 78.9. The van der Waals surface area contributed by atoms with Crippen LogP contribution < -0.4 is 0 Å². The van der Waals surface area contributed by atoms with Crippen LogP contribution in [0.15, 0.2) is 186 Å². The van der Waals surface area contributed by atoms with Crippen LogP contribution in [0.3, 0.4) is 0 Å². The van der Waals surface area contributed by atoms with E-state index < -0.39 is 52.4 Å². The molecule has 88 heavy (non-hydrogen) atoms. The molecule has 0 heterocycles. The molecular weight excluding hydrogens is 1080 g/mol. The van der Waals surface area contributed by atoms with Crippen molar-refractivity contribution in [2.24, 2.45) is 23.7 Å². The predicted octanol–water partition coefficient (Wildman–Crippen LogP) is 20.2. The molecule has 0 aromatic carbocycles. The number of hydrogen-bond acceptors (Lipinski definition) is 7. The second kappa shape index (κ2) is 47.5. The maximum atomic E-state index is 9.12. The van der Waals surface area contributed by atoms with E-state index in [2.05, 4.69) is 110 Å². The molecule has 7 heteroatoms. The molecule has 0 amide bonds. The smallest absolute Gasteiger partial charge is 0.211 e. The highest BCUT2D eigenvalue weighted by Crippen LogP contribution is 2.33. The minimum absolute atomic E-state index is 0.464. The molecule has 496 valence electrons. The first kappa shape index (κ1) is 58.6. The van der Waals surface area contributed by atoms with Crippen LogP contribution in [0.25, 0.3) is 0 Å². The van der Waals surface area contributed by atoms with Gasteiger partial charge in [0, 0.05) is 2.74 Å². The van der Waals surface area contributed by atoms with Crippen LogP contribution in [0.4, 0.5) is 0 Å². The first-order chi connectivity index (χ1) is 47.7. The highest BCUT2D eigenvalue weighted by Gasteiger charge is 2.17. The summed E-state index contributed by atoms with van der Waals surface area (Å²) in [6, 6.07) is 0. The van der Waals surface area contributed by atoms with Gasteiger partial charge in [0.1, 0.15) is 0 Å². The van der Waals surface area contributed by atoms with Crippen LogP contribution in [0, 0.1) is 23.7 Å². The summed E-state index contributed by atoms with van der Waals surface area (Å²) >= 11 is 0. The number of allylic oxidation sites excluding steroid dienone is 21. The summed E-state index contributed by atoms with van der Waals surface area (Å²) in [5, 5.41) is 48.7. The minimum Gasteiger partial charge on any atom is -0.392 e. The van der Waals surface area contributed by atoms with Crippen molar-refractivity contribution in [2.75, 3.05) is 46.0 Å². The van der Waals surface area contributed by atoms with Gasteiger partial charge in [-0.2, -0.15) is 0 Å². The standard InChI is InChI=1S/C11H18.7C10H16O/c1-4-10-5-7-11(8-6-10)9(2)3;7*1-8(2)10-5-3-9(7-11)4-6-10/h5,11H,2,4,6-8H2,1,3H3;4*3,11H,4-7H2,1-2H3;3*3,10-11H,1,4-7H2,2H3/t11-;;;;;3*10-/m1....111/s1/i4D2;7D2,11D;7D,11D;7D2;7D;7D,11D;7D2;7D/tm;;;;;7?,10-;m;7?,10-. The van der Waals surface area contributed by atoms with Crippen molar-refractivity contribution in [1.29, 1.82) is 4.29 Å². The Kier molecular flexibility index (Phi) is 31.6. The van der Waals surface area contributed by atoms with Crippen LogP contribution in [0.2, 0.25) is 0 Å². The van der Waals surface area contributed by atoms with Crippen molar-refractivity contribution in [3.05, 3.63) is 186 Å². The maximum Gasteiger partial charge on any atom is 0.211 e. The van der Waals surface area contributed by atoms with E-state index in [1.807, 2.05) is 63.3 Å². The monoisotopic (exact) mass is 1230 g/mol. The molecule has 0 fully saturated rings. The highest BCUT2D eigenvalue weighted by atomic mass is 16.3. The second-order valence-corrected chi connectivity index (χ2v) is 25.6. The molecule has 0 bridgehead atoms. The third kappa shape index (κ3) is 34.7. The third-order valence-electron chi connectivity index (χ3n) is 17.9. The predicted molar refractivity (Wildman–Crippen MR) is 382 cm³/mol. The Balaban J connectivity index is 0.000000589. The number of hydrogen-bond donors (Lipinski definition) is 7. The maximum absolute atomic E-state index is 9.12. The summed E-state index contributed by atoms with van der Waals surface area (Å²) in [6.07, 6.45) is 35.7. The van der Waals surface area contributed by atoms with Crippen LogP contribution in [-0.2, 0) is 0 Å². The largest absolute Gasteiger partial charge is 0.392 e. The number of aliphatic hydroxyl groups is 7. The number of aliphatic hydroxyl groups excluding tert-OH is 4. The molecule has 0 saturated heterocycles. The topological polar surface area (TPSA) is 142 Å². The van der Waals surface area contributed by atoms with Gasteiger partial charge >= 0.3 is 0 Å². The van der Waals surface area contributed by atoms with E-state index in [4.69, 9.17) is 41.2 Å². The Morgan fingerprint density at radius 1 is 0.341 bits per heavy atom. The average molecular weight is 1230 g/mol. The van der Waals surface area contributed by atoms with Gasteiger partial charge in [-0.1, -0.05) is 154 Å². The zero-order valence-corrected chi connectivity index (χ0v) is 57.1. The van der Waals surface area contributed by atoms with Gasteiger partial charge in [-0.25, -0.2) is 0 Å². The molecule has 0 spiro atoms. The normalized spacial score (nSPS) is 25.9. The Bertz CT molecular complexity index is 3080. The highest BCUT2D eigenvalue weighted by molar-refractivity contribution is 5.26. The molecule has 0 radical (unpaired) electrons. The molecular formula is C81H130O7. The first-order valence-corrected chi connectivity index (χ1v) is 32.4. The summed E-state index contributed by atoms with van der Waals surface area (Å²) in [4.78, 5) is 0. The fraction of sp³-hybridized carbons (Fsp3) is 0.605. The minimum atomic E-state index is -2.12. The Labute approximate surface area is 561 Å². The molecule has 7 nitrogen and oxygen atoms in total. The van der Waals surface area contributed by atoms with Gasteiger partial charge in [0.05, 0.1) is 59.7 Å². The van der Waals surface area contributed by atoms with Crippen molar-refractivity contribution < 1.29 is 52.2 Å². The van der Waals surface area contributed by atoms with Gasteiger partial charge in [-0.15, -0.1) is 0 Å². The van der Waals surface area contributed by atoms with E-state index in [1.54, 1.807) is 6.92 Å². The van der Waals surface area contributed by atoms with Gasteiger partial charge in [-0.3, -0.25) is 0 Å². The molecule has 0 aliphatic heterocycles. The van der Waals surface area contributed by atoms with Crippen molar-refractivity contribution in [1.82, 2.24) is 0 Å². The average Bonchev–Trinajstić information content (AvgIpc) is 0.856. The summed E-state index contributed by atoms with van der Waals surface area (Å²) in [7, 11) is 0. The lowest BCUT2D eigenvalue weighted by molar-refractivity contribution is 0.318. The lowest BCUT2D eigenvalue weighted by Crippen LogP contribution is -2.07. The molecule has 0 saturated carbocycles. The van der Waals surface area contributed by atoms with Gasteiger partial charge in [0.15, 0.2) is 0 Å². The number of rotatable bonds is 15. The zero-order valence-electron chi connectivity index (χ0n) is 72.1. The van der Waals surface area contributed by atoms with E-state index in [0.717, 1.165) is 168 Å². The van der Waals surface area contributed by atoms with Crippen LogP contribution >= 0.6 is 0 Å². The van der Waals surface area contributed by atoms with Crippen LogP contribution in [-0.4, -0.2) is 86.1 Å². The van der Waals surface area contributed by atoms with Gasteiger partial charge in [0.2, 0.25) is 4.29 Å². The Hall–Kier alpha value is -4.44. The van der Waals surface area contributed by atoms with E-state index >= 15 is 0 Å². The van der Waals surface area contributed by atoms with Crippen molar-refractivity contribution in [2.45, 2.75) is 250 Å². The van der Waals surface area contributed by atoms with Crippen LogP contribution in [0.1, 0.15) is 267 Å². The summed E-state index contributed by atoms with van der Waals surface area (Å²) < 4.78 is 107. The fourth-order valence-corrected chi connectivity index (χ4v) is 10.9.